The summed E-state index contributed by atoms with van der Waals surface area (Å²) in [6, 6.07) is 17.9. The predicted molar refractivity (Wildman–Crippen MR) is 102 cm³/mol. The number of amides is 1. The summed E-state index contributed by atoms with van der Waals surface area (Å²) in [5.74, 6) is -1.12. The molecule has 0 spiro atoms. The summed E-state index contributed by atoms with van der Waals surface area (Å²) >= 11 is 0. The molecule has 0 radical (unpaired) electrons. The van der Waals surface area contributed by atoms with Crippen molar-refractivity contribution in [3.8, 4) is 6.07 Å². The minimum atomic E-state index is -0.635. The van der Waals surface area contributed by atoms with Crippen molar-refractivity contribution in [2.75, 3.05) is 11.9 Å². The lowest BCUT2D eigenvalue weighted by Crippen LogP contribution is -2.20. The van der Waals surface area contributed by atoms with Gasteiger partial charge >= 0.3 is 5.97 Å². The molecule has 1 amide bonds. The van der Waals surface area contributed by atoms with Gasteiger partial charge in [-0.25, -0.2) is 4.79 Å². The summed E-state index contributed by atoms with van der Waals surface area (Å²) in [6.07, 6.45) is 4.54. The van der Waals surface area contributed by atoms with Gasteiger partial charge in [0, 0.05) is 28.9 Å². The Kier molecular flexibility index (Phi) is 5.55. The van der Waals surface area contributed by atoms with Crippen LogP contribution in [0.15, 0.2) is 66.9 Å². The summed E-state index contributed by atoms with van der Waals surface area (Å²) < 4.78 is 4.94. The molecule has 0 atom stereocenters. The molecule has 0 aliphatic heterocycles. The quantitative estimate of drug-likeness (QED) is 0.559. The Morgan fingerprint density at radius 3 is 2.81 bits per heavy atom. The van der Waals surface area contributed by atoms with Crippen LogP contribution in [0.5, 0.6) is 0 Å². The van der Waals surface area contributed by atoms with Crippen molar-refractivity contribution in [3.63, 3.8) is 0 Å². The number of carbonyl (C=O) groups is 2. The number of hydrogen-bond acceptors (Lipinski definition) is 5. The van der Waals surface area contributed by atoms with E-state index in [4.69, 9.17) is 10.00 Å². The van der Waals surface area contributed by atoms with Crippen molar-refractivity contribution in [1.29, 1.82) is 5.26 Å². The lowest BCUT2D eigenvalue weighted by atomic mass is 10.1. The highest BCUT2D eigenvalue weighted by Crippen LogP contribution is 2.17. The molecule has 0 saturated carbocycles. The van der Waals surface area contributed by atoms with Crippen LogP contribution in [0.3, 0.4) is 0 Å². The molecule has 0 unspecified atom stereocenters. The van der Waals surface area contributed by atoms with E-state index in [0.717, 1.165) is 16.5 Å². The number of carbonyl (C=O) groups excluding carboxylic acids is 2. The van der Waals surface area contributed by atoms with Gasteiger partial charge in [0.05, 0.1) is 17.1 Å². The first-order valence-electron chi connectivity index (χ1n) is 8.14. The number of ether oxygens (including phenoxy) is 1. The van der Waals surface area contributed by atoms with Crippen LogP contribution in [-0.4, -0.2) is 23.5 Å². The van der Waals surface area contributed by atoms with Gasteiger partial charge in [-0.1, -0.05) is 30.3 Å². The first-order chi connectivity index (χ1) is 13.2. The molecule has 1 N–H and O–H groups in total. The van der Waals surface area contributed by atoms with E-state index in [2.05, 4.69) is 10.3 Å². The third-order valence-corrected chi connectivity index (χ3v) is 3.68. The zero-order chi connectivity index (χ0) is 19.1. The summed E-state index contributed by atoms with van der Waals surface area (Å²) in [4.78, 5) is 28.0. The minimum Gasteiger partial charge on any atom is -0.452 e. The predicted octanol–water partition coefficient (Wildman–Crippen LogP) is 3.30. The molecule has 1 heterocycles. The van der Waals surface area contributed by atoms with E-state index >= 15 is 0 Å². The third-order valence-electron chi connectivity index (χ3n) is 3.68. The summed E-state index contributed by atoms with van der Waals surface area (Å²) in [6.45, 7) is -0.423. The Labute approximate surface area is 155 Å². The van der Waals surface area contributed by atoms with Gasteiger partial charge in [0.2, 0.25) is 0 Å². The normalized spacial score (nSPS) is 10.5. The van der Waals surface area contributed by atoms with Crippen LogP contribution in [-0.2, 0) is 14.3 Å². The number of aromatic nitrogens is 1. The second-order valence-corrected chi connectivity index (χ2v) is 5.60. The summed E-state index contributed by atoms with van der Waals surface area (Å²) in [5.41, 5.74) is 2.45. The average molecular weight is 357 g/mol. The van der Waals surface area contributed by atoms with Crippen molar-refractivity contribution in [2.45, 2.75) is 0 Å². The van der Waals surface area contributed by atoms with E-state index in [9.17, 15) is 9.59 Å². The van der Waals surface area contributed by atoms with Crippen molar-refractivity contribution in [3.05, 3.63) is 78.0 Å². The standard InChI is InChI=1S/C21H15N3O3/c22-13-15-4-1-8-18(12-15)24-19(25)14-27-20(26)10-9-17-6-2-5-16-7-3-11-23-21(16)17/h1-12H,14H2,(H,24,25)/b10-9+. The van der Waals surface area contributed by atoms with Gasteiger partial charge in [-0.2, -0.15) is 5.26 Å². The third kappa shape index (κ3) is 4.77. The van der Waals surface area contributed by atoms with E-state index in [1.54, 1.807) is 30.5 Å². The molecule has 1 aromatic heterocycles. The number of para-hydroxylation sites is 1. The minimum absolute atomic E-state index is 0.423. The molecule has 0 aliphatic carbocycles. The molecule has 6 nitrogen and oxygen atoms in total. The second-order valence-electron chi connectivity index (χ2n) is 5.60. The number of nitrogens with zero attached hydrogens (tertiary/aromatic N) is 2. The summed E-state index contributed by atoms with van der Waals surface area (Å²) in [5, 5.41) is 12.4. The highest BCUT2D eigenvalue weighted by atomic mass is 16.5. The van der Waals surface area contributed by atoms with Crippen LogP contribution >= 0.6 is 0 Å². The highest BCUT2D eigenvalue weighted by molar-refractivity contribution is 5.96. The SMILES string of the molecule is N#Cc1cccc(NC(=O)COC(=O)/C=C/c2cccc3cccnc23)c1. The van der Waals surface area contributed by atoms with Crippen LogP contribution in [0, 0.1) is 11.3 Å². The smallest absolute Gasteiger partial charge is 0.331 e. The number of anilines is 1. The van der Waals surface area contributed by atoms with Gasteiger partial charge < -0.3 is 10.1 Å². The number of benzene rings is 2. The monoisotopic (exact) mass is 357 g/mol. The maximum absolute atomic E-state index is 11.9. The first kappa shape index (κ1) is 17.8. The van der Waals surface area contributed by atoms with Crippen molar-refractivity contribution >= 4 is 34.5 Å². The average Bonchev–Trinajstić information content (AvgIpc) is 2.70. The van der Waals surface area contributed by atoms with Crippen molar-refractivity contribution in [2.24, 2.45) is 0 Å². The fourth-order valence-corrected chi connectivity index (χ4v) is 2.47. The van der Waals surface area contributed by atoms with Gasteiger partial charge in [0.15, 0.2) is 6.61 Å². The Bertz CT molecular complexity index is 1060. The van der Waals surface area contributed by atoms with Gasteiger partial charge in [-0.05, 0) is 30.3 Å². The molecule has 27 heavy (non-hydrogen) atoms. The van der Waals surface area contributed by atoms with Crippen LogP contribution in [0.25, 0.3) is 17.0 Å². The van der Waals surface area contributed by atoms with Gasteiger partial charge in [-0.15, -0.1) is 0 Å². The number of nitrogens with one attached hydrogen (secondary N) is 1. The molecule has 0 aliphatic rings. The Morgan fingerprint density at radius 1 is 1.15 bits per heavy atom. The molecule has 6 heteroatoms. The topological polar surface area (TPSA) is 92.1 Å². The molecule has 3 rings (SSSR count). The molecular formula is C21H15N3O3. The second kappa shape index (κ2) is 8.41. The fraction of sp³-hybridized carbons (Fsp3) is 0.0476. The molecular weight excluding hydrogens is 342 g/mol. The molecule has 3 aromatic rings. The summed E-state index contributed by atoms with van der Waals surface area (Å²) in [7, 11) is 0. The molecule has 0 bridgehead atoms. The van der Waals surface area contributed by atoms with Crippen LogP contribution in [0.1, 0.15) is 11.1 Å². The lowest BCUT2D eigenvalue weighted by Gasteiger charge is -2.05. The Balaban J connectivity index is 1.56. The number of rotatable bonds is 5. The van der Waals surface area contributed by atoms with Crippen molar-refractivity contribution < 1.29 is 14.3 Å². The van der Waals surface area contributed by atoms with E-state index in [0.29, 0.717) is 11.3 Å². The zero-order valence-electron chi connectivity index (χ0n) is 14.3. The lowest BCUT2D eigenvalue weighted by molar-refractivity contribution is -0.142. The number of hydrogen-bond donors (Lipinski definition) is 1. The van der Waals surface area contributed by atoms with Crippen LogP contribution < -0.4 is 5.32 Å². The number of esters is 1. The molecule has 0 saturated heterocycles. The number of pyridine rings is 1. The molecule has 2 aromatic carbocycles. The largest absolute Gasteiger partial charge is 0.452 e. The van der Waals surface area contributed by atoms with Gasteiger partial charge in [0.25, 0.3) is 5.91 Å². The fourth-order valence-electron chi connectivity index (χ4n) is 2.47. The maximum Gasteiger partial charge on any atom is 0.331 e. The van der Waals surface area contributed by atoms with E-state index in [-0.39, 0.29) is 0 Å². The van der Waals surface area contributed by atoms with Gasteiger partial charge in [-0.3, -0.25) is 9.78 Å². The highest BCUT2D eigenvalue weighted by Gasteiger charge is 2.06. The number of fused-ring (bicyclic) bond motifs is 1. The Morgan fingerprint density at radius 2 is 1.96 bits per heavy atom. The zero-order valence-corrected chi connectivity index (χ0v) is 14.3. The Hall–Kier alpha value is -3.98. The van der Waals surface area contributed by atoms with Crippen LogP contribution in [0.4, 0.5) is 5.69 Å². The van der Waals surface area contributed by atoms with E-state index in [1.807, 2.05) is 36.4 Å². The van der Waals surface area contributed by atoms with E-state index in [1.165, 1.54) is 12.1 Å². The molecule has 132 valence electrons. The van der Waals surface area contributed by atoms with Crippen LogP contribution in [0.2, 0.25) is 0 Å². The van der Waals surface area contributed by atoms with E-state index < -0.39 is 18.5 Å². The first-order valence-corrected chi connectivity index (χ1v) is 8.14. The number of nitriles is 1. The van der Waals surface area contributed by atoms with Crippen molar-refractivity contribution in [1.82, 2.24) is 4.98 Å². The maximum atomic E-state index is 11.9. The van der Waals surface area contributed by atoms with Gasteiger partial charge in [0.1, 0.15) is 0 Å². The molecule has 0 fully saturated rings.